The van der Waals surface area contributed by atoms with Crippen LogP contribution in [0.25, 0.3) is 51.0 Å². The fourth-order valence-corrected chi connectivity index (χ4v) is 7.02. The van der Waals surface area contributed by atoms with Crippen molar-refractivity contribution in [2.24, 2.45) is 0 Å². The van der Waals surface area contributed by atoms with Gasteiger partial charge >= 0.3 is 0 Å². The summed E-state index contributed by atoms with van der Waals surface area (Å²) < 4.78 is 8.69. The first-order valence-corrected chi connectivity index (χ1v) is 15.1. The molecule has 0 N–H and O–H groups in total. The molecule has 2 aromatic heterocycles. The molecule has 4 nitrogen and oxygen atoms in total. The highest BCUT2D eigenvalue weighted by molar-refractivity contribution is 6.09. The number of allylic oxidation sites excluding steroid dienone is 5. The van der Waals surface area contributed by atoms with Crippen molar-refractivity contribution in [2.75, 3.05) is 4.90 Å². The molecule has 0 saturated heterocycles. The average Bonchev–Trinajstić information content (AvgIpc) is 3.63. The molecule has 0 bridgehead atoms. The maximum Gasteiger partial charge on any atom is 0.227 e. The van der Waals surface area contributed by atoms with Gasteiger partial charge in [0.2, 0.25) is 5.89 Å². The first-order chi connectivity index (χ1) is 21.3. The Kier molecular flexibility index (Phi) is 5.42. The van der Waals surface area contributed by atoms with Crippen LogP contribution in [0.15, 0.2) is 131 Å². The van der Waals surface area contributed by atoms with Crippen molar-refractivity contribution < 1.29 is 4.42 Å². The zero-order valence-corrected chi connectivity index (χ0v) is 23.7. The van der Waals surface area contributed by atoms with E-state index in [1.165, 1.54) is 44.7 Å². The summed E-state index contributed by atoms with van der Waals surface area (Å²) in [4.78, 5) is 7.37. The Morgan fingerprint density at radius 2 is 1.49 bits per heavy atom. The second kappa shape index (κ2) is 9.60. The molecule has 206 valence electrons. The van der Waals surface area contributed by atoms with Crippen LogP contribution in [0.1, 0.15) is 36.3 Å². The van der Waals surface area contributed by atoms with Crippen LogP contribution in [0.5, 0.6) is 0 Å². The third-order valence-corrected chi connectivity index (χ3v) is 8.87. The van der Waals surface area contributed by atoms with E-state index in [1.807, 2.05) is 0 Å². The lowest BCUT2D eigenvalue weighted by molar-refractivity contribution is 0.560. The molecule has 0 amide bonds. The van der Waals surface area contributed by atoms with Gasteiger partial charge in [-0.15, -0.1) is 0 Å². The van der Waals surface area contributed by atoms with E-state index in [0.717, 1.165) is 54.1 Å². The van der Waals surface area contributed by atoms with Crippen molar-refractivity contribution in [3.8, 4) is 28.4 Å². The van der Waals surface area contributed by atoms with E-state index in [1.54, 1.807) is 0 Å². The SMILES string of the molecule is C1=CC2=C(CC1)N(c1cccc(-c3nc4c(o3)C=CCC4)c1)c1ccccc1-c1c2c2ccccc2n1-c1ccccc1. The number of nitrogens with zero attached hydrogens (tertiary/aromatic N) is 3. The minimum Gasteiger partial charge on any atom is -0.436 e. The van der Waals surface area contributed by atoms with E-state index in [-0.39, 0.29) is 0 Å². The van der Waals surface area contributed by atoms with Gasteiger partial charge in [0.15, 0.2) is 5.76 Å². The largest absolute Gasteiger partial charge is 0.436 e. The number of benzene rings is 4. The fourth-order valence-electron chi connectivity index (χ4n) is 7.02. The zero-order valence-electron chi connectivity index (χ0n) is 23.7. The van der Waals surface area contributed by atoms with Gasteiger partial charge in [0.05, 0.1) is 22.6 Å². The van der Waals surface area contributed by atoms with Gasteiger partial charge in [-0.1, -0.05) is 78.9 Å². The highest BCUT2D eigenvalue weighted by atomic mass is 16.4. The van der Waals surface area contributed by atoms with Crippen LogP contribution in [0.3, 0.4) is 0 Å². The molecule has 1 aliphatic heterocycles. The van der Waals surface area contributed by atoms with Crippen LogP contribution < -0.4 is 4.90 Å². The number of rotatable bonds is 3. The Hall–Kier alpha value is -5.35. The number of hydrogen-bond acceptors (Lipinski definition) is 3. The molecule has 0 saturated carbocycles. The maximum atomic E-state index is 6.24. The summed E-state index contributed by atoms with van der Waals surface area (Å²) in [5.41, 5.74) is 13.0. The number of anilines is 2. The number of aryl methyl sites for hydroxylation is 1. The third kappa shape index (κ3) is 3.73. The van der Waals surface area contributed by atoms with E-state index in [9.17, 15) is 0 Å². The summed E-state index contributed by atoms with van der Waals surface area (Å²) in [5.74, 6) is 1.57. The van der Waals surface area contributed by atoms with Gasteiger partial charge in [-0.05, 0) is 74.2 Å². The Morgan fingerprint density at radius 1 is 0.698 bits per heavy atom. The molecule has 0 spiro atoms. The Labute approximate surface area is 250 Å². The first-order valence-electron chi connectivity index (χ1n) is 15.1. The monoisotopic (exact) mass is 555 g/mol. The molecular formula is C39H29N3O. The number of fused-ring (bicyclic) bond motifs is 7. The lowest BCUT2D eigenvalue weighted by atomic mass is 9.93. The lowest BCUT2D eigenvalue weighted by Crippen LogP contribution is -2.18. The molecule has 3 aliphatic rings. The van der Waals surface area contributed by atoms with E-state index in [0.29, 0.717) is 5.89 Å². The highest BCUT2D eigenvalue weighted by Gasteiger charge is 2.33. The summed E-state index contributed by atoms with van der Waals surface area (Å²) in [6.07, 6.45) is 12.8. The fraction of sp³-hybridized carbons (Fsp3) is 0.103. The van der Waals surface area contributed by atoms with Gasteiger partial charge in [0.1, 0.15) is 0 Å². The first kappa shape index (κ1) is 24.3. The van der Waals surface area contributed by atoms with Gasteiger partial charge in [-0.2, -0.15) is 0 Å². The summed E-state index contributed by atoms with van der Waals surface area (Å²) in [5, 5.41) is 1.27. The topological polar surface area (TPSA) is 34.2 Å². The molecule has 0 fully saturated rings. The molecule has 4 aromatic carbocycles. The normalized spacial score (nSPS) is 15.2. The van der Waals surface area contributed by atoms with Gasteiger partial charge in [-0.3, -0.25) is 0 Å². The van der Waals surface area contributed by atoms with Crippen LogP contribution in [0.4, 0.5) is 11.4 Å². The quantitative estimate of drug-likeness (QED) is 0.218. The molecule has 43 heavy (non-hydrogen) atoms. The second-order valence-corrected chi connectivity index (χ2v) is 11.4. The number of oxazole rings is 1. The highest BCUT2D eigenvalue weighted by Crippen LogP contribution is 2.52. The summed E-state index contributed by atoms with van der Waals surface area (Å²) in [6, 6.07) is 37.1. The molecule has 0 radical (unpaired) electrons. The standard InChI is InChI=1S/C39H29N3O/c1-2-14-27(15-3-1)42-34-22-9-5-18-30(34)37-29-17-4-8-21-33(29)41(35-23-10-6-19-31(35)38(37)42)28-16-12-13-26(25-28)39-40-32-20-7-11-24-36(32)43-39/h1-6,9-19,22-25H,7-8,20-21H2. The minimum atomic E-state index is 0.684. The van der Waals surface area contributed by atoms with Gasteiger partial charge in [-0.25, -0.2) is 4.98 Å². The van der Waals surface area contributed by atoms with E-state index < -0.39 is 0 Å². The van der Waals surface area contributed by atoms with E-state index in [2.05, 4.69) is 137 Å². The van der Waals surface area contributed by atoms with Crippen molar-refractivity contribution in [1.29, 1.82) is 0 Å². The Morgan fingerprint density at radius 3 is 2.42 bits per heavy atom. The molecular weight excluding hydrogens is 526 g/mol. The van der Waals surface area contributed by atoms with Crippen molar-refractivity contribution in [3.05, 3.63) is 144 Å². The van der Waals surface area contributed by atoms with Crippen LogP contribution in [0, 0.1) is 0 Å². The molecule has 2 aliphatic carbocycles. The van der Waals surface area contributed by atoms with E-state index in [4.69, 9.17) is 9.40 Å². The van der Waals surface area contributed by atoms with Crippen LogP contribution >= 0.6 is 0 Å². The van der Waals surface area contributed by atoms with E-state index >= 15 is 0 Å². The van der Waals surface area contributed by atoms with Crippen molar-refractivity contribution >= 4 is 33.9 Å². The summed E-state index contributed by atoms with van der Waals surface area (Å²) in [6.45, 7) is 0. The van der Waals surface area contributed by atoms with Crippen LogP contribution in [-0.2, 0) is 6.42 Å². The van der Waals surface area contributed by atoms with Crippen LogP contribution in [-0.4, -0.2) is 9.55 Å². The number of para-hydroxylation sites is 3. The maximum absolute atomic E-state index is 6.24. The smallest absolute Gasteiger partial charge is 0.227 e. The third-order valence-electron chi connectivity index (χ3n) is 8.87. The molecule has 3 heterocycles. The van der Waals surface area contributed by atoms with Crippen molar-refractivity contribution in [2.45, 2.75) is 25.7 Å². The molecule has 0 atom stereocenters. The summed E-state index contributed by atoms with van der Waals surface area (Å²) in [7, 11) is 0. The van der Waals surface area contributed by atoms with Gasteiger partial charge in [0.25, 0.3) is 0 Å². The van der Waals surface area contributed by atoms with Crippen LogP contribution in [0.2, 0.25) is 0 Å². The Bertz CT molecular complexity index is 2140. The van der Waals surface area contributed by atoms with Crippen molar-refractivity contribution in [3.63, 3.8) is 0 Å². The molecule has 0 unspecified atom stereocenters. The van der Waals surface area contributed by atoms with Crippen molar-refractivity contribution in [1.82, 2.24) is 9.55 Å². The zero-order chi connectivity index (χ0) is 28.3. The lowest BCUT2D eigenvalue weighted by Gasteiger charge is -2.31. The van der Waals surface area contributed by atoms with Gasteiger partial charge in [0, 0.05) is 44.7 Å². The molecule has 6 aromatic rings. The minimum absolute atomic E-state index is 0.684. The summed E-state index contributed by atoms with van der Waals surface area (Å²) >= 11 is 0. The second-order valence-electron chi connectivity index (χ2n) is 11.4. The molecule has 9 rings (SSSR count). The molecule has 4 heteroatoms. The number of hydrogen-bond donors (Lipinski definition) is 0. The van der Waals surface area contributed by atoms with Gasteiger partial charge < -0.3 is 13.9 Å². The Balaban J connectivity index is 1.33. The predicted octanol–water partition coefficient (Wildman–Crippen LogP) is 10.1. The average molecular weight is 556 g/mol. The predicted molar refractivity (Wildman–Crippen MR) is 175 cm³/mol. The number of aromatic nitrogens is 2.